The van der Waals surface area contributed by atoms with Gasteiger partial charge >= 0.3 is 0 Å². The molecule has 3 aromatic rings. The molecule has 2 heterocycles. The summed E-state index contributed by atoms with van der Waals surface area (Å²) in [5.41, 5.74) is 4.26. The Balaban J connectivity index is 1.61. The zero-order valence-electron chi connectivity index (χ0n) is 13.7. The Labute approximate surface area is 166 Å². The number of carbonyl (C=O) groups is 1. The van der Waals surface area contributed by atoms with Crippen LogP contribution in [0, 0.1) is 0 Å². The first-order valence-corrected chi connectivity index (χ1v) is 10.2. The Morgan fingerprint density at radius 2 is 2.12 bits per heavy atom. The number of thiophene rings is 1. The fraction of sp³-hybridized carbons (Fsp3) is 0.125. The number of nitrogens with two attached hydrogens (primary N) is 1. The van der Waals surface area contributed by atoms with Crippen molar-refractivity contribution in [3.05, 3.63) is 56.7 Å². The predicted octanol–water partition coefficient (Wildman–Crippen LogP) is 3.63. The van der Waals surface area contributed by atoms with Crippen LogP contribution in [0.2, 0.25) is 0 Å². The molecule has 7 nitrogen and oxygen atoms in total. The lowest BCUT2D eigenvalue weighted by molar-refractivity contribution is 0.102. The third-order valence-corrected chi connectivity index (χ3v) is 5.81. The average Bonchev–Trinajstić information content (AvgIpc) is 3.29. The van der Waals surface area contributed by atoms with Gasteiger partial charge in [0.15, 0.2) is 5.78 Å². The second kappa shape index (κ2) is 8.47. The number of halogens is 1. The molecule has 134 valence electrons. The van der Waals surface area contributed by atoms with Crippen molar-refractivity contribution in [1.82, 2.24) is 14.9 Å². The van der Waals surface area contributed by atoms with Gasteiger partial charge in [-0.3, -0.25) is 4.79 Å². The van der Waals surface area contributed by atoms with Gasteiger partial charge in [0, 0.05) is 14.9 Å². The zero-order chi connectivity index (χ0) is 18.5. The number of anilines is 1. The molecule has 0 unspecified atom stereocenters. The first-order chi connectivity index (χ1) is 12.5. The smallest absolute Gasteiger partial charge is 0.264 e. The number of hydrazone groups is 1. The van der Waals surface area contributed by atoms with E-state index in [0.717, 1.165) is 15.1 Å². The van der Waals surface area contributed by atoms with Crippen molar-refractivity contribution in [2.24, 2.45) is 5.10 Å². The number of nitrogen functional groups attached to an aromatic ring is 1. The van der Waals surface area contributed by atoms with E-state index in [9.17, 15) is 4.79 Å². The minimum atomic E-state index is -0.00781. The van der Waals surface area contributed by atoms with Crippen LogP contribution in [-0.2, 0) is 0 Å². The second-order valence-electron chi connectivity index (χ2n) is 5.18. The molecule has 0 radical (unpaired) electrons. The monoisotopic (exact) mass is 450 g/mol. The van der Waals surface area contributed by atoms with Gasteiger partial charge in [0.1, 0.15) is 0 Å². The molecule has 26 heavy (non-hydrogen) atoms. The summed E-state index contributed by atoms with van der Waals surface area (Å²) in [6.45, 7) is 1.89. The Hall–Kier alpha value is -2.17. The van der Waals surface area contributed by atoms with E-state index in [1.165, 1.54) is 16.4 Å². The molecule has 0 spiro atoms. The quantitative estimate of drug-likeness (QED) is 0.187. The van der Waals surface area contributed by atoms with Gasteiger partial charge in [0.05, 0.1) is 11.5 Å². The molecule has 2 aromatic heterocycles. The summed E-state index contributed by atoms with van der Waals surface area (Å²) in [7, 11) is 0. The lowest BCUT2D eigenvalue weighted by atomic mass is 10.2. The average molecular weight is 451 g/mol. The van der Waals surface area contributed by atoms with Crippen molar-refractivity contribution < 1.29 is 4.79 Å². The third kappa shape index (κ3) is 4.51. The highest BCUT2D eigenvalue weighted by molar-refractivity contribution is 9.10. The number of benzene rings is 1. The van der Waals surface area contributed by atoms with Crippen LogP contribution in [0.4, 0.5) is 5.95 Å². The molecule has 3 N–H and O–H groups in total. The number of thioether (sulfide) groups is 1. The molecule has 0 saturated heterocycles. The molecule has 0 saturated carbocycles. The van der Waals surface area contributed by atoms with Crippen molar-refractivity contribution in [3.63, 3.8) is 0 Å². The number of rotatable bonds is 7. The number of nitrogens with zero attached hydrogens (tertiary/aromatic N) is 4. The molecule has 0 amide bonds. The number of hydrogen-bond acceptors (Lipinski definition) is 8. The number of ketones is 1. The fourth-order valence-corrected chi connectivity index (χ4v) is 3.67. The third-order valence-electron chi connectivity index (χ3n) is 3.36. The molecule has 1 aromatic carbocycles. The Bertz CT molecular complexity index is 921. The number of aromatic nitrogens is 3. The van der Waals surface area contributed by atoms with Crippen molar-refractivity contribution in [1.29, 1.82) is 0 Å². The second-order valence-corrected chi connectivity index (χ2v) is 7.99. The molecular formula is C16H15BrN6OS2. The Kier molecular flexibility index (Phi) is 6.07. The molecule has 0 aliphatic carbocycles. The first-order valence-electron chi connectivity index (χ1n) is 7.51. The summed E-state index contributed by atoms with van der Waals surface area (Å²) >= 11 is 6.17. The van der Waals surface area contributed by atoms with Crippen molar-refractivity contribution in [2.75, 3.05) is 17.0 Å². The topological polar surface area (TPSA) is 98.2 Å². The van der Waals surface area contributed by atoms with E-state index in [4.69, 9.17) is 5.84 Å². The SMILES string of the molecule is C/C(=N\Nc1nnc(SCC(=O)c2ccc(Br)cc2)n1N)c1cccs1. The molecule has 0 atom stereocenters. The van der Waals surface area contributed by atoms with E-state index in [-0.39, 0.29) is 11.5 Å². The van der Waals surface area contributed by atoms with Crippen molar-refractivity contribution in [2.45, 2.75) is 12.1 Å². The lowest BCUT2D eigenvalue weighted by Gasteiger charge is -2.04. The molecule has 10 heteroatoms. The van der Waals surface area contributed by atoms with Crippen LogP contribution in [-0.4, -0.2) is 32.1 Å². The van der Waals surface area contributed by atoms with E-state index < -0.39 is 0 Å². The van der Waals surface area contributed by atoms with Gasteiger partial charge in [0.2, 0.25) is 5.16 Å². The largest absolute Gasteiger partial charge is 0.334 e. The van der Waals surface area contributed by atoms with Crippen LogP contribution >= 0.6 is 39.0 Å². The van der Waals surface area contributed by atoms with Gasteiger partial charge in [-0.05, 0) is 30.5 Å². The van der Waals surface area contributed by atoms with Gasteiger partial charge in [-0.25, -0.2) is 10.1 Å². The highest BCUT2D eigenvalue weighted by Gasteiger charge is 2.13. The van der Waals surface area contributed by atoms with E-state index in [0.29, 0.717) is 16.7 Å². The van der Waals surface area contributed by atoms with E-state index >= 15 is 0 Å². The van der Waals surface area contributed by atoms with E-state index in [2.05, 4.69) is 36.7 Å². The van der Waals surface area contributed by atoms with Crippen LogP contribution in [0.3, 0.4) is 0 Å². The minimum Gasteiger partial charge on any atom is -0.334 e. The zero-order valence-corrected chi connectivity index (χ0v) is 16.9. The van der Waals surface area contributed by atoms with Gasteiger partial charge in [0.25, 0.3) is 5.95 Å². The number of hydrogen-bond donors (Lipinski definition) is 2. The summed E-state index contributed by atoms with van der Waals surface area (Å²) in [4.78, 5) is 13.3. The summed E-state index contributed by atoms with van der Waals surface area (Å²) in [6, 6.07) is 11.2. The van der Waals surface area contributed by atoms with Crippen LogP contribution in [0.5, 0.6) is 0 Å². The predicted molar refractivity (Wildman–Crippen MR) is 110 cm³/mol. The molecule has 0 aliphatic heterocycles. The number of nitrogens with one attached hydrogen (secondary N) is 1. The Morgan fingerprint density at radius 1 is 1.35 bits per heavy atom. The fourth-order valence-electron chi connectivity index (χ4n) is 1.97. The lowest BCUT2D eigenvalue weighted by Crippen LogP contribution is -2.14. The van der Waals surface area contributed by atoms with Crippen LogP contribution in [0.1, 0.15) is 22.2 Å². The van der Waals surface area contributed by atoms with Gasteiger partial charge in [-0.1, -0.05) is 45.9 Å². The normalized spacial score (nSPS) is 11.5. The number of Topliss-reactive ketones (excluding diaryl/α,β-unsaturated/α-hetero) is 1. The minimum absolute atomic E-state index is 0.00781. The standard InChI is InChI=1S/C16H15BrN6OS2/c1-10(14-3-2-8-25-14)19-20-15-21-22-16(23(15)18)26-9-13(24)11-4-6-12(17)7-5-11/h2-8H,9,18H2,1H3,(H,20,21)/b19-10+. The summed E-state index contributed by atoms with van der Waals surface area (Å²) in [5.74, 6) is 6.49. The van der Waals surface area contributed by atoms with Gasteiger partial charge in [-0.15, -0.1) is 21.5 Å². The summed E-state index contributed by atoms with van der Waals surface area (Å²) in [5, 5.41) is 14.6. The van der Waals surface area contributed by atoms with Gasteiger partial charge < -0.3 is 5.84 Å². The highest BCUT2D eigenvalue weighted by atomic mass is 79.9. The van der Waals surface area contributed by atoms with E-state index in [1.807, 2.05) is 36.6 Å². The van der Waals surface area contributed by atoms with Gasteiger partial charge in [-0.2, -0.15) is 5.10 Å². The molecule has 3 rings (SSSR count). The first kappa shape index (κ1) is 18.6. The maximum absolute atomic E-state index is 12.2. The summed E-state index contributed by atoms with van der Waals surface area (Å²) < 4.78 is 2.21. The molecule has 0 bridgehead atoms. The molecule has 0 aliphatic rings. The van der Waals surface area contributed by atoms with E-state index in [1.54, 1.807) is 23.5 Å². The maximum Gasteiger partial charge on any atom is 0.264 e. The molecule has 0 fully saturated rings. The van der Waals surface area contributed by atoms with Crippen LogP contribution < -0.4 is 11.3 Å². The van der Waals surface area contributed by atoms with Crippen LogP contribution in [0.25, 0.3) is 0 Å². The molecular weight excluding hydrogens is 436 g/mol. The summed E-state index contributed by atoms with van der Waals surface area (Å²) in [6.07, 6.45) is 0. The van der Waals surface area contributed by atoms with Crippen molar-refractivity contribution >= 4 is 56.5 Å². The number of carbonyl (C=O) groups excluding carboxylic acids is 1. The Morgan fingerprint density at radius 3 is 2.81 bits per heavy atom. The van der Waals surface area contributed by atoms with Crippen LogP contribution in [0.15, 0.2) is 56.5 Å². The maximum atomic E-state index is 12.2. The highest BCUT2D eigenvalue weighted by Crippen LogP contribution is 2.19. The van der Waals surface area contributed by atoms with Crippen molar-refractivity contribution in [3.8, 4) is 0 Å².